The number of para-hydroxylation sites is 2. The molecule has 0 saturated heterocycles. The molecule has 0 spiro atoms. The molecule has 6 nitrogen and oxygen atoms in total. The van der Waals surface area contributed by atoms with E-state index < -0.39 is 0 Å². The lowest BCUT2D eigenvalue weighted by Crippen LogP contribution is -2.06. The summed E-state index contributed by atoms with van der Waals surface area (Å²) >= 11 is 0. The Bertz CT molecular complexity index is 1130. The van der Waals surface area contributed by atoms with Gasteiger partial charge in [0.25, 0.3) is 0 Å². The van der Waals surface area contributed by atoms with E-state index in [0.717, 1.165) is 45.0 Å². The molecule has 0 aliphatic rings. The van der Waals surface area contributed by atoms with Gasteiger partial charge in [0.1, 0.15) is 5.52 Å². The van der Waals surface area contributed by atoms with Gasteiger partial charge < -0.3 is 15.2 Å². The lowest BCUT2D eigenvalue weighted by molar-refractivity contribution is 0.945. The third kappa shape index (κ3) is 3.17. The van der Waals surface area contributed by atoms with E-state index in [2.05, 4.69) is 78.6 Å². The van der Waals surface area contributed by atoms with Crippen LogP contribution in [0.5, 0.6) is 0 Å². The van der Waals surface area contributed by atoms with Gasteiger partial charge >= 0.3 is 0 Å². The van der Waals surface area contributed by atoms with Gasteiger partial charge in [-0.2, -0.15) is 9.97 Å². The number of aryl methyl sites for hydroxylation is 5. The molecule has 0 unspecified atom stereocenters. The van der Waals surface area contributed by atoms with Crippen LogP contribution in [0.25, 0.3) is 11.2 Å². The SMILES string of the molecule is Cc1cccc(C)c1Nc1nc(Nc2c(C)cccc2C)c2c(ncn2C)n1. The normalized spacial score (nSPS) is 11.0. The molecule has 0 saturated carbocycles. The van der Waals surface area contributed by atoms with Crippen LogP contribution in [0, 0.1) is 27.7 Å². The molecule has 4 aromatic rings. The number of hydrogen-bond donors (Lipinski definition) is 2. The molecule has 28 heavy (non-hydrogen) atoms. The predicted octanol–water partition coefficient (Wildman–Crippen LogP) is 5.08. The Hall–Kier alpha value is -3.41. The molecule has 4 rings (SSSR count). The molecule has 0 aliphatic carbocycles. The minimum absolute atomic E-state index is 0.525. The summed E-state index contributed by atoms with van der Waals surface area (Å²) < 4.78 is 1.94. The molecule has 2 aromatic carbocycles. The molecule has 0 bridgehead atoms. The molecule has 0 fully saturated rings. The van der Waals surface area contributed by atoms with Crippen molar-refractivity contribution in [3.8, 4) is 0 Å². The summed E-state index contributed by atoms with van der Waals surface area (Å²) in [6.07, 6.45) is 1.76. The molecule has 142 valence electrons. The van der Waals surface area contributed by atoms with Gasteiger partial charge in [0, 0.05) is 18.4 Å². The second-order valence-corrected chi connectivity index (χ2v) is 7.21. The number of hydrogen-bond acceptors (Lipinski definition) is 5. The standard InChI is InChI=1S/C22H24N6/c1-13-8-6-9-14(2)17(13)24-21-19-20(23-12-28(19)5)26-22(27-21)25-18-15(3)10-7-11-16(18)4/h6-12H,1-5H3,(H2,24,25,26,27). The van der Waals surface area contributed by atoms with Crippen LogP contribution < -0.4 is 10.6 Å². The first-order chi connectivity index (χ1) is 13.4. The van der Waals surface area contributed by atoms with Crippen LogP contribution in [0.3, 0.4) is 0 Å². The molecule has 0 aliphatic heterocycles. The zero-order chi connectivity index (χ0) is 19.8. The van der Waals surface area contributed by atoms with E-state index in [4.69, 9.17) is 4.98 Å². The Morgan fingerprint density at radius 2 is 1.29 bits per heavy atom. The van der Waals surface area contributed by atoms with Crippen LogP contribution in [0.4, 0.5) is 23.1 Å². The summed E-state index contributed by atoms with van der Waals surface area (Å²) in [5.74, 6) is 1.26. The fraction of sp³-hybridized carbons (Fsp3) is 0.227. The maximum absolute atomic E-state index is 4.79. The van der Waals surface area contributed by atoms with Crippen molar-refractivity contribution in [1.29, 1.82) is 0 Å². The zero-order valence-electron chi connectivity index (χ0n) is 16.8. The van der Waals surface area contributed by atoms with E-state index in [1.54, 1.807) is 6.33 Å². The average Bonchev–Trinajstić information content (AvgIpc) is 3.03. The smallest absolute Gasteiger partial charge is 0.231 e. The molecule has 0 radical (unpaired) electrons. The van der Waals surface area contributed by atoms with Crippen LogP contribution >= 0.6 is 0 Å². The van der Waals surface area contributed by atoms with E-state index >= 15 is 0 Å². The summed E-state index contributed by atoms with van der Waals surface area (Å²) in [7, 11) is 1.95. The van der Waals surface area contributed by atoms with Crippen molar-refractivity contribution in [2.45, 2.75) is 27.7 Å². The summed E-state index contributed by atoms with van der Waals surface area (Å²) in [6, 6.07) is 12.4. The number of anilines is 4. The van der Waals surface area contributed by atoms with Crippen molar-refractivity contribution in [2.24, 2.45) is 7.05 Å². The van der Waals surface area contributed by atoms with E-state index in [1.165, 1.54) is 0 Å². The number of rotatable bonds is 4. The highest BCUT2D eigenvalue weighted by molar-refractivity contribution is 5.88. The topological polar surface area (TPSA) is 67.7 Å². The molecule has 0 amide bonds. The van der Waals surface area contributed by atoms with Crippen LogP contribution in [0.15, 0.2) is 42.7 Å². The van der Waals surface area contributed by atoms with Crippen LogP contribution in [0.1, 0.15) is 22.3 Å². The first kappa shape index (κ1) is 18.0. The highest BCUT2D eigenvalue weighted by Gasteiger charge is 2.15. The highest BCUT2D eigenvalue weighted by Crippen LogP contribution is 2.30. The summed E-state index contributed by atoms with van der Waals surface area (Å²) in [5, 5.41) is 6.90. The average molecular weight is 372 g/mol. The fourth-order valence-electron chi connectivity index (χ4n) is 3.45. The van der Waals surface area contributed by atoms with Crippen molar-refractivity contribution >= 4 is 34.3 Å². The number of nitrogens with one attached hydrogen (secondary N) is 2. The van der Waals surface area contributed by atoms with Gasteiger partial charge in [0.2, 0.25) is 5.95 Å². The summed E-state index contributed by atoms with van der Waals surface area (Å²) in [5.41, 5.74) is 8.23. The van der Waals surface area contributed by atoms with E-state index in [0.29, 0.717) is 11.6 Å². The number of imidazole rings is 1. The molecule has 0 atom stereocenters. The zero-order valence-corrected chi connectivity index (χ0v) is 16.8. The third-order valence-electron chi connectivity index (χ3n) is 5.01. The van der Waals surface area contributed by atoms with Crippen molar-refractivity contribution in [2.75, 3.05) is 10.6 Å². The number of fused-ring (bicyclic) bond motifs is 1. The van der Waals surface area contributed by atoms with Crippen molar-refractivity contribution < 1.29 is 0 Å². The molecular weight excluding hydrogens is 348 g/mol. The van der Waals surface area contributed by atoms with Gasteiger partial charge in [-0.25, -0.2) is 4.98 Å². The van der Waals surface area contributed by atoms with Gasteiger partial charge in [0.15, 0.2) is 11.5 Å². The number of aromatic nitrogens is 4. The largest absolute Gasteiger partial charge is 0.338 e. The Balaban J connectivity index is 1.83. The third-order valence-corrected chi connectivity index (χ3v) is 5.01. The molecule has 6 heteroatoms. The van der Waals surface area contributed by atoms with Gasteiger partial charge in [-0.1, -0.05) is 36.4 Å². The van der Waals surface area contributed by atoms with Crippen molar-refractivity contribution in [1.82, 2.24) is 19.5 Å². The minimum atomic E-state index is 0.525. The van der Waals surface area contributed by atoms with Gasteiger partial charge in [-0.05, 0) is 49.9 Å². The lowest BCUT2D eigenvalue weighted by Gasteiger charge is -2.15. The number of nitrogens with zero attached hydrogens (tertiary/aromatic N) is 4. The maximum atomic E-state index is 4.79. The molecular formula is C22H24N6. The Labute approximate surface area is 164 Å². The van der Waals surface area contributed by atoms with Gasteiger partial charge in [-0.3, -0.25) is 0 Å². The first-order valence-corrected chi connectivity index (χ1v) is 9.29. The first-order valence-electron chi connectivity index (χ1n) is 9.29. The number of benzene rings is 2. The second kappa shape index (κ2) is 6.96. The Morgan fingerprint density at radius 1 is 0.750 bits per heavy atom. The molecule has 2 heterocycles. The van der Waals surface area contributed by atoms with E-state index in [-0.39, 0.29) is 0 Å². The minimum Gasteiger partial charge on any atom is -0.338 e. The highest BCUT2D eigenvalue weighted by atomic mass is 15.2. The molecule has 2 aromatic heterocycles. The lowest BCUT2D eigenvalue weighted by atomic mass is 10.1. The van der Waals surface area contributed by atoms with E-state index in [1.807, 2.05) is 17.7 Å². The van der Waals surface area contributed by atoms with Crippen molar-refractivity contribution in [3.63, 3.8) is 0 Å². The van der Waals surface area contributed by atoms with Crippen molar-refractivity contribution in [3.05, 3.63) is 65.0 Å². The Morgan fingerprint density at radius 3 is 1.86 bits per heavy atom. The fourth-order valence-corrected chi connectivity index (χ4v) is 3.45. The molecule has 2 N–H and O–H groups in total. The van der Waals surface area contributed by atoms with Crippen LogP contribution in [-0.2, 0) is 7.05 Å². The van der Waals surface area contributed by atoms with Crippen LogP contribution in [-0.4, -0.2) is 19.5 Å². The summed E-state index contributed by atoms with van der Waals surface area (Å²) in [4.78, 5) is 13.9. The predicted molar refractivity (Wildman–Crippen MR) is 115 cm³/mol. The maximum Gasteiger partial charge on any atom is 0.231 e. The van der Waals surface area contributed by atoms with Gasteiger partial charge in [-0.15, -0.1) is 0 Å². The second-order valence-electron chi connectivity index (χ2n) is 7.21. The Kier molecular flexibility index (Phi) is 4.47. The van der Waals surface area contributed by atoms with Gasteiger partial charge in [0.05, 0.1) is 6.33 Å². The summed E-state index contributed by atoms with van der Waals surface area (Å²) in [6.45, 7) is 8.33. The monoisotopic (exact) mass is 372 g/mol. The van der Waals surface area contributed by atoms with E-state index in [9.17, 15) is 0 Å². The van der Waals surface area contributed by atoms with Crippen LogP contribution in [0.2, 0.25) is 0 Å². The quantitative estimate of drug-likeness (QED) is 0.523.